The Morgan fingerprint density at radius 1 is 1.04 bits per heavy atom. The van der Waals surface area contributed by atoms with Gasteiger partial charge >= 0.3 is 11.4 Å². The fourth-order valence-electron chi connectivity index (χ4n) is 2.42. The summed E-state index contributed by atoms with van der Waals surface area (Å²) in [4.78, 5) is 23.1. The summed E-state index contributed by atoms with van der Waals surface area (Å²) in [7, 11) is -4.51. The molecule has 26 heavy (non-hydrogen) atoms. The van der Waals surface area contributed by atoms with Crippen LogP contribution < -0.4 is 9.79 Å². The average molecular weight is 390 g/mol. The predicted octanol–water partition coefficient (Wildman–Crippen LogP) is 2.58. The highest BCUT2D eigenvalue weighted by atomic mass is 32.2. The second-order valence-corrected chi connectivity index (χ2v) is 7.27. The SMILES string of the molecule is CCCCN(CCCC)c1c([N+](=O)[O-])cc(S(=O)(=O)NO)cc1[N+](=O)[O-]. The van der Waals surface area contributed by atoms with Gasteiger partial charge in [-0.2, -0.15) is 0 Å². The highest BCUT2D eigenvalue weighted by Gasteiger charge is 2.33. The minimum atomic E-state index is -4.51. The lowest BCUT2D eigenvalue weighted by atomic mass is 10.1. The van der Waals surface area contributed by atoms with Gasteiger partial charge < -0.3 is 10.1 Å². The standard InChI is InChI=1S/C14H22N4O7S/c1-3-5-7-16(8-6-4-2)14-12(17(20)21)9-11(26(24,25)15-19)10-13(14)18(22)23/h9-10,15,19H,3-8H2,1-2H3. The minimum absolute atomic E-state index is 0.223. The van der Waals surface area contributed by atoms with Crippen LogP contribution in [0.15, 0.2) is 17.0 Å². The van der Waals surface area contributed by atoms with Gasteiger partial charge in [0.15, 0.2) is 5.69 Å². The molecule has 0 saturated carbocycles. The van der Waals surface area contributed by atoms with Gasteiger partial charge in [-0.3, -0.25) is 20.2 Å². The molecule has 0 aliphatic rings. The zero-order chi connectivity index (χ0) is 19.9. The molecule has 1 aromatic carbocycles. The fraction of sp³-hybridized carbons (Fsp3) is 0.571. The largest absolute Gasteiger partial charge is 0.360 e. The van der Waals surface area contributed by atoms with E-state index in [-0.39, 0.29) is 5.69 Å². The van der Waals surface area contributed by atoms with Gasteiger partial charge in [0.25, 0.3) is 10.0 Å². The zero-order valence-electron chi connectivity index (χ0n) is 14.5. The molecule has 1 rings (SSSR count). The number of nitrogens with one attached hydrogen (secondary N) is 1. The van der Waals surface area contributed by atoms with Crippen LogP contribution >= 0.6 is 0 Å². The van der Waals surface area contributed by atoms with Gasteiger partial charge in [0.1, 0.15) is 0 Å². The zero-order valence-corrected chi connectivity index (χ0v) is 15.4. The van der Waals surface area contributed by atoms with Crippen LogP contribution in [0.25, 0.3) is 0 Å². The summed E-state index contributed by atoms with van der Waals surface area (Å²) in [5.41, 5.74) is -1.61. The van der Waals surface area contributed by atoms with Gasteiger partial charge in [-0.05, 0) is 12.8 Å². The van der Waals surface area contributed by atoms with Crippen molar-refractivity contribution in [1.29, 1.82) is 0 Å². The van der Waals surface area contributed by atoms with E-state index in [4.69, 9.17) is 5.21 Å². The molecule has 0 radical (unpaired) electrons. The monoisotopic (exact) mass is 390 g/mol. The Balaban J connectivity index is 3.70. The van der Waals surface area contributed by atoms with Crippen LogP contribution in [0.3, 0.4) is 0 Å². The summed E-state index contributed by atoms with van der Waals surface area (Å²) in [5.74, 6) is 0. The lowest BCUT2D eigenvalue weighted by Gasteiger charge is -2.24. The second-order valence-electron chi connectivity index (χ2n) is 5.61. The minimum Gasteiger partial charge on any atom is -0.360 e. The third-order valence-electron chi connectivity index (χ3n) is 3.75. The maximum Gasteiger partial charge on any atom is 0.301 e. The number of nitro groups is 2. The van der Waals surface area contributed by atoms with E-state index in [1.165, 1.54) is 0 Å². The maximum atomic E-state index is 11.8. The molecule has 0 amide bonds. The Morgan fingerprint density at radius 2 is 1.46 bits per heavy atom. The quantitative estimate of drug-likeness (QED) is 0.431. The van der Waals surface area contributed by atoms with E-state index in [0.717, 1.165) is 17.7 Å². The van der Waals surface area contributed by atoms with E-state index >= 15 is 0 Å². The Hall–Kier alpha value is -2.31. The lowest BCUT2D eigenvalue weighted by Crippen LogP contribution is -2.28. The molecule has 0 spiro atoms. The molecule has 0 aliphatic carbocycles. The van der Waals surface area contributed by atoms with E-state index in [9.17, 15) is 28.6 Å². The summed E-state index contributed by atoms with van der Waals surface area (Å²) in [6, 6.07) is 1.43. The number of unbranched alkanes of at least 4 members (excludes halogenated alkanes) is 2. The molecule has 0 heterocycles. The molecule has 0 bridgehead atoms. The number of hydrogen-bond acceptors (Lipinski definition) is 8. The topological polar surface area (TPSA) is 156 Å². The van der Waals surface area contributed by atoms with Crippen LogP contribution in [-0.2, 0) is 10.0 Å². The van der Waals surface area contributed by atoms with Gasteiger partial charge in [-0.1, -0.05) is 31.6 Å². The van der Waals surface area contributed by atoms with Crippen molar-refractivity contribution in [3.63, 3.8) is 0 Å². The van der Waals surface area contributed by atoms with Gasteiger partial charge in [0.05, 0.1) is 14.7 Å². The molecule has 0 aliphatic heterocycles. The predicted molar refractivity (Wildman–Crippen MR) is 93.9 cm³/mol. The van der Waals surface area contributed by atoms with Crippen LogP contribution in [0, 0.1) is 20.2 Å². The normalized spacial score (nSPS) is 11.3. The van der Waals surface area contributed by atoms with Crippen molar-refractivity contribution < 1.29 is 23.5 Å². The van der Waals surface area contributed by atoms with E-state index < -0.39 is 36.1 Å². The van der Waals surface area contributed by atoms with Gasteiger partial charge in [-0.25, -0.2) is 8.42 Å². The van der Waals surface area contributed by atoms with Gasteiger partial charge in [-0.15, -0.1) is 0 Å². The van der Waals surface area contributed by atoms with E-state index in [1.807, 2.05) is 13.8 Å². The number of anilines is 1. The first-order chi connectivity index (χ1) is 12.2. The number of nitrogens with zero attached hydrogens (tertiary/aromatic N) is 3. The molecule has 2 N–H and O–H groups in total. The number of hydrogen-bond donors (Lipinski definition) is 2. The first-order valence-electron chi connectivity index (χ1n) is 8.07. The molecular weight excluding hydrogens is 368 g/mol. The third kappa shape index (κ3) is 5.09. The van der Waals surface area contributed by atoms with Crippen LogP contribution in [0.4, 0.5) is 17.1 Å². The maximum absolute atomic E-state index is 11.8. The van der Waals surface area contributed by atoms with E-state index in [1.54, 1.807) is 4.90 Å². The molecule has 0 unspecified atom stereocenters. The number of sulfonamides is 1. The number of benzene rings is 1. The molecule has 12 heteroatoms. The Morgan fingerprint density at radius 3 is 1.77 bits per heavy atom. The molecule has 0 aromatic heterocycles. The van der Waals surface area contributed by atoms with E-state index in [2.05, 4.69) is 0 Å². The van der Waals surface area contributed by atoms with Crippen LogP contribution in [0.1, 0.15) is 39.5 Å². The molecule has 0 fully saturated rings. The van der Waals surface area contributed by atoms with Crippen molar-refractivity contribution >= 4 is 27.1 Å². The summed E-state index contributed by atoms with van der Waals surface area (Å²) in [6.07, 6.45) is 2.89. The van der Waals surface area contributed by atoms with Crippen molar-refractivity contribution in [3.05, 3.63) is 32.4 Å². The van der Waals surface area contributed by atoms with Crippen molar-refractivity contribution in [2.75, 3.05) is 18.0 Å². The summed E-state index contributed by atoms with van der Waals surface area (Å²) in [6.45, 7) is 4.57. The molecule has 11 nitrogen and oxygen atoms in total. The summed E-state index contributed by atoms with van der Waals surface area (Å²) in [5, 5.41) is 31.7. The first kappa shape index (κ1) is 21.7. The Labute approximate surface area is 150 Å². The van der Waals surface area contributed by atoms with E-state index in [0.29, 0.717) is 38.1 Å². The molecular formula is C14H22N4O7S. The van der Waals surface area contributed by atoms with Gasteiger partial charge in [0.2, 0.25) is 0 Å². The number of rotatable bonds is 11. The smallest absolute Gasteiger partial charge is 0.301 e. The van der Waals surface area contributed by atoms with Crippen LogP contribution in [0.5, 0.6) is 0 Å². The van der Waals surface area contributed by atoms with Crippen molar-refractivity contribution in [1.82, 2.24) is 4.89 Å². The highest BCUT2D eigenvalue weighted by molar-refractivity contribution is 7.89. The molecule has 146 valence electrons. The Kier molecular flexibility index (Phi) is 7.86. The van der Waals surface area contributed by atoms with Crippen molar-refractivity contribution in [3.8, 4) is 0 Å². The summed E-state index contributed by atoms with van der Waals surface area (Å²) >= 11 is 0. The molecule has 0 saturated heterocycles. The third-order valence-corrected chi connectivity index (χ3v) is 4.84. The average Bonchev–Trinajstić information content (AvgIpc) is 2.60. The molecule has 1 aromatic rings. The van der Waals surface area contributed by atoms with Crippen LogP contribution in [-0.4, -0.2) is 36.6 Å². The van der Waals surface area contributed by atoms with Gasteiger partial charge in [0, 0.05) is 25.2 Å². The van der Waals surface area contributed by atoms with Crippen molar-refractivity contribution in [2.24, 2.45) is 0 Å². The lowest BCUT2D eigenvalue weighted by molar-refractivity contribution is -0.393. The Bertz CT molecular complexity index is 724. The van der Waals surface area contributed by atoms with Crippen LogP contribution in [0.2, 0.25) is 0 Å². The first-order valence-corrected chi connectivity index (χ1v) is 9.55. The second kappa shape index (κ2) is 9.40. The molecule has 0 atom stereocenters. The number of nitro benzene ring substituents is 2. The fourth-order valence-corrected chi connectivity index (χ4v) is 3.06. The summed E-state index contributed by atoms with van der Waals surface area (Å²) < 4.78 is 23.5. The highest BCUT2D eigenvalue weighted by Crippen LogP contribution is 2.40. The van der Waals surface area contributed by atoms with Crippen molar-refractivity contribution in [2.45, 2.75) is 44.4 Å².